The van der Waals surface area contributed by atoms with Crippen molar-refractivity contribution < 1.29 is 9.37 Å². The Kier molecular flexibility index (Phi) is 2.93. The zero-order valence-electron chi connectivity index (χ0n) is 13.4. The maximum atomic E-state index is 11.4. The molecule has 0 unspecified atom stereocenters. The predicted molar refractivity (Wildman–Crippen MR) is 91.5 cm³/mol. The number of benzene rings is 1. The molecule has 1 aliphatic heterocycles. The van der Waals surface area contributed by atoms with Gasteiger partial charge in [-0.2, -0.15) is 4.98 Å². The van der Waals surface area contributed by atoms with Crippen molar-refractivity contribution in [2.24, 2.45) is 5.73 Å². The summed E-state index contributed by atoms with van der Waals surface area (Å²) in [5, 5.41) is 0.918. The molecule has 0 bridgehead atoms. The number of nitrogens with zero attached hydrogens (tertiary/aromatic N) is 3. The number of anilines is 1. The molecule has 0 fully saturated rings. The summed E-state index contributed by atoms with van der Waals surface area (Å²) in [5.41, 5.74) is 15.5. The van der Waals surface area contributed by atoms with Crippen molar-refractivity contribution in [3.63, 3.8) is 0 Å². The molecule has 0 aliphatic carbocycles. The fourth-order valence-corrected chi connectivity index (χ4v) is 3.15. The van der Waals surface area contributed by atoms with Gasteiger partial charge in [-0.15, -0.1) is 0 Å². The number of aromatic nitrogens is 3. The molecule has 4 rings (SSSR count). The topological polar surface area (TPSA) is 114 Å². The number of aromatic amines is 1. The predicted octanol–water partition coefficient (Wildman–Crippen LogP) is 1.54. The summed E-state index contributed by atoms with van der Waals surface area (Å²) in [6.45, 7) is 4.18. The fraction of sp³-hybridized carbons (Fsp3) is 0.176. The van der Waals surface area contributed by atoms with Gasteiger partial charge in [0.15, 0.2) is 11.3 Å². The molecule has 3 aromatic rings. The van der Waals surface area contributed by atoms with Crippen LogP contribution in [0.4, 0.5) is 11.6 Å². The fourth-order valence-electron chi connectivity index (χ4n) is 3.15. The first kappa shape index (κ1) is 14.4. The number of H-pyrrole nitrogens is 1. The van der Waals surface area contributed by atoms with Crippen molar-refractivity contribution in [2.75, 3.05) is 5.73 Å². The van der Waals surface area contributed by atoms with Crippen LogP contribution in [-0.2, 0) is 0 Å². The Balaban J connectivity index is 1.91. The molecular weight excluding hydrogens is 304 g/mol. The second-order valence-corrected chi connectivity index (χ2v) is 6.12. The molecule has 1 aromatic carbocycles. The van der Waals surface area contributed by atoms with Gasteiger partial charge in [-0.3, -0.25) is 4.79 Å². The van der Waals surface area contributed by atoms with Gasteiger partial charge >= 0.3 is 5.82 Å². The Morgan fingerprint density at radius 1 is 1.25 bits per heavy atom. The minimum Gasteiger partial charge on any atom is -0.383 e. The maximum Gasteiger partial charge on any atom is 0.341 e. The van der Waals surface area contributed by atoms with Crippen LogP contribution in [0.2, 0.25) is 0 Å². The molecule has 120 valence electrons. The van der Waals surface area contributed by atoms with Crippen molar-refractivity contribution in [1.82, 2.24) is 15.0 Å². The largest absolute Gasteiger partial charge is 0.383 e. The van der Waals surface area contributed by atoms with Crippen molar-refractivity contribution in [2.45, 2.75) is 19.9 Å². The van der Waals surface area contributed by atoms with Crippen molar-refractivity contribution in [3.05, 3.63) is 47.4 Å². The molecule has 0 saturated heterocycles. The number of carbonyl (C=O) groups excluding carboxylic acids is 1. The van der Waals surface area contributed by atoms with Crippen LogP contribution in [0, 0.1) is 0 Å². The molecule has 1 aliphatic rings. The smallest absolute Gasteiger partial charge is 0.341 e. The molecule has 1 amide bonds. The van der Waals surface area contributed by atoms with Crippen LogP contribution in [0.3, 0.4) is 0 Å². The average molecular weight is 321 g/mol. The second kappa shape index (κ2) is 4.89. The van der Waals surface area contributed by atoms with Gasteiger partial charge in [0.25, 0.3) is 0 Å². The van der Waals surface area contributed by atoms with Crippen LogP contribution < -0.4 is 11.5 Å². The number of hydrogen-bond acceptors (Lipinski definition) is 4. The van der Waals surface area contributed by atoms with E-state index >= 15 is 0 Å². The van der Waals surface area contributed by atoms with E-state index < -0.39 is 5.91 Å². The Bertz CT molecular complexity index is 1030. The summed E-state index contributed by atoms with van der Waals surface area (Å²) in [7, 11) is 0. The molecular formula is C17H17N6O+. The molecule has 7 heteroatoms. The number of fused-ring (bicyclic) bond motifs is 2. The van der Waals surface area contributed by atoms with Crippen LogP contribution in [-0.4, -0.2) is 37.2 Å². The second-order valence-electron chi connectivity index (χ2n) is 6.12. The Morgan fingerprint density at radius 3 is 2.75 bits per heavy atom. The number of carbonyl (C=O) groups is 1. The highest BCUT2D eigenvalue weighted by Gasteiger charge is 2.41. The van der Waals surface area contributed by atoms with Crippen LogP contribution in [0.5, 0.6) is 0 Å². The molecule has 3 heterocycles. The maximum absolute atomic E-state index is 11.4. The lowest BCUT2D eigenvalue weighted by Gasteiger charge is -2.23. The average Bonchev–Trinajstić information content (AvgIpc) is 2.90. The summed E-state index contributed by atoms with van der Waals surface area (Å²) in [4.78, 5) is 23.2. The molecule has 0 radical (unpaired) electrons. The summed E-state index contributed by atoms with van der Waals surface area (Å²) in [5.74, 6) is 0.857. The summed E-state index contributed by atoms with van der Waals surface area (Å²) >= 11 is 0. The van der Waals surface area contributed by atoms with E-state index in [1.807, 2.05) is 12.1 Å². The number of nitrogens with two attached hydrogens (primary N) is 2. The van der Waals surface area contributed by atoms with Gasteiger partial charge in [-0.25, -0.2) is 4.58 Å². The first-order valence-corrected chi connectivity index (χ1v) is 7.67. The summed E-state index contributed by atoms with van der Waals surface area (Å²) in [6.07, 6.45) is 1.48. The van der Waals surface area contributed by atoms with E-state index in [0.29, 0.717) is 11.4 Å². The van der Waals surface area contributed by atoms with Crippen molar-refractivity contribution in [3.8, 4) is 0 Å². The first-order valence-electron chi connectivity index (χ1n) is 7.67. The normalized spacial score (nSPS) is 13.3. The van der Waals surface area contributed by atoms with Gasteiger partial charge in [0.2, 0.25) is 12.2 Å². The summed E-state index contributed by atoms with van der Waals surface area (Å²) in [6, 6.07) is 7.56. The van der Waals surface area contributed by atoms with E-state index in [0.717, 1.165) is 33.7 Å². The number of amides is 1. The van der Waals surface area contributed by atoms with Crippen molar-refractivity contribution in [1.29, 1.82) is 0 Å². The highest BCUT2D eigenvalue weighted by atomic mass is 16.1. The molecule has 0 spiro atoms. The van der Waals surface area contributed by atoms with E-state index in [4.69, 9.17) is 11.5 Å². The standard InChI is InChI=1S/C17H16N6O/c1-8(2)23-14(13-15(18)20-7-21-17(13)23)12-6-10-5-9(16(19)24)3-4-11(10)22-12/h3-8H,1-2H3,(H4,18,19,20,21,22,24)/p+1. The highest BCUT2D eigenvalue weighted by Crippen LogP contribution is 2.35. The van der Waals surface area contributed by atoms with E-state index in [1.54, 1.807) is 12.1 Å². The lowest BCUT2D eigenvalue weighted by atomic mass is 10.00. The summed E-state index contributed by atoms with van der Waals surface area (Å²) < 4.78 is 2.12. The Morgan fingerprint density at radius 2 is 2.04 bits per heavy atom. The number of hydrogen-bond donors (Lipinski definition) is 3. The highest BCUT2D eigenvalue weighted by molar-refractivity contribution is 6.19. The van der Waals surface area contributed by atoms with E-state index in [-0.39, 0.29) is 6.04 Å². The molecule has 2 aromatic heterocycles. The minimum absolute atomic E-state index is 0.231. The van der Waals surface area contributed by atoms with E-state index in [9.17, 15) is 4.79 Å². The Labute approximate surface area is 138 Å². The zero-order valence-corrected chi connectivity index (χ0v) is 13.4. The van der Waals surface area contributed by atoms with Crippen LogP contribution in [0.25, 0.3) is 10.9 Å². The van der Waals surface area contributed by atoms with Gasteiger partial charge in [0.1, 0.15) is 5.82 Å². The van der Waals surface area contributed by atoms with Gasteiger partial charge in [-0.1, -0.05) is 0 Å². The lowest BCUT2D eigenvalue weighted by molar-refractivity contribution is -0.490. The quantitative estimate of drug-likeness (QED) is 0.635. The Hall–Kier alpha value is -3.22. The SMILES string of the molecule is CC(C)[N+]1=C(c2cc3cc(C(N)=O)ccc3[nH]2)c2c(N)ncnc21. The monoisotopic (exact) mass is 321 g/mol. The van der Waals surface area contributed by atoms with Gasteiger partial charge < -0.3 is 16.5 Å². The van der Waals surface area contributed by atoms with Gasteiger partial charge in [0, 0.05) is 16.5 Å². The van der Waals surface area contributed by atoms with Gasteiger partial charge in [-0.05, 0) is 43.1 Å². The van der Waals surface area contributed by atoms with Crippen LogP contribution in [0.15, 0.2) is 30.6 Å². The molecule has 5 N–H and O–H groups in total. The number of rotatable bonds is 3. The zero-order chi connectivity index (χ0) is 17.0. The third kappa shape index (κ3) is 1.91. The lowest BCUT2D eigenvalue weighted by Crippen LogP contribution is -2.36. The van der Waals surface area contributed by atoms with E-state index in [2.05, 4.69) is 33.4 Å². The van der Waals surface area contributed by atoms with Crippen LogP contribution >= 0.6 is 0 Å². The molecule has 7 nitrogen and oxygen atoms in total. The number of nitrogens with one attached hydrogen (secondary N) is 1. The number of primary amides is 1. The first-order chi connectivity index (χ1) is 11.5. The van der Waals surface area contributed by atoms with E-state index in [1.165, 1.54) is 6.33 Å². The molecule has 0 atom stereocenters. The van der Waals surface area contributed by atoms with Crippen molar-refractivity contribution >= 4 is 34.2 Å². The third-order valence-corrected chi connectivity index (χ3v) is 4.24. The van der Waals surface area contributed by atoms with Gasteiger partial charge in [0.05, 0.1) is 11.7 Å². The molecule has 0 saturated carbocycles. The number of nitrogen functional groups attached to an aromatic ring is 1. The van der Waals surface area contributed by atoms with Crippen LogP contribution in [0.1, 0.15) is 35.5 Å². The third-order valence-electron chi connectivity index (χ3n) is 4.24. The minimum atomic E-state index is -0.442. The molecule has 24 heavy (non-hydrogen) atoms.